The Balaban J connectivity index is 0.00000169. The van der Waals surface area contributed by atoms with Crippen LogP contribution in [0.15, 0.2) is 5.38 Å². The van der Waals surface area contributed by atoms with E-state index < -0.39 is 0 Å². The summed E-state index contributed by atoms with van der Waals surface area (Å²) >= 11 is 1.71. The summed E-state index contributed by atoms with van der Waals surface area (Å²) in [6.45, 7) is 4.38. The zero-order valence-electron chi connectivity index (χ0n) is 8.58. The maximum atomic E-state index is 5.27. The predicted octanol–water partition coefficient (Wildman–Crippen LogP) is 1.86. The lowest BCUT2D eigenvalue weighted by molar-refractivity contribution is 0.131. The molecule has 0 saturated heterocycles. The fraction of sp³-hybridized carbons (Fsp3) is 0.667. The Labute approximate surface area is 95.3 Å². The van der Waals surface area contributed by atoms with Crippen molar-refractivity contribution in [2.24, 2.45) is 0 Å². The van der Waals surface area contributed by atoms with E-state index in [0.29, 0.717) is 6.61 Å². The molecule has 0 aliphatic rings. The normalized spacial score (nSPS) is 9.86. The molecule has 82 valence electrons. The van der Waals surface area contributed by atoms with E-state index in [9.17, 15) is 0 Å². The number of hydrogen-bond acceptors (Lipinski definition) is 4. The first-order valence-electron chi connectivity index (χ1n) is 4.52. The van der Waals surface area contributed by atoms with Gasteiger partial charge in [-0.3, -0.25) is 0 Å². The molecule has 1 aromatic rings. The molecule has 5 heteroatoms. The van der Waals surface area contributed by atoms with Gasteiger partial charge in [0.1, 0.15) is 0 Å². The van der Waals surface area contributed by atoms with Crippen LogP contribution in [0.5, 0.6) is 0 Å². The molecule has 0 saturated carbocycles. The summed E-state index contributed by atoms with van der Waals surface area (Å²) < 4.78 is 5.27. The van der Waals surface area contributed by atoms with E-state index in [1.54, 1.807) is 11.3 Å². The number of thiazole rings is 1. The van der Waals surface area contributed by atoms with E-state index in [1.807, 2.05) is 14.0 Å². The topological polar surface area (TPSA) is 34.1 Å². The number of nitrogens with zero attached hydrogens (tertiary/aromatic N) is 1. The van der Waals surface area contributed by atoms with E-state index >= 15 is 0 Å². The number of nitrogens with one attached hydrogen (secondary N) is 1. The average Bonchev–Trinajstić information content (AvgIpc) is 2.59. The molecule has 1 N–H and O–H groups in total. The van der Waals surface area contributed by atoms with Gasteiger partial charge in [0.15, 0.2) is 0 Å². The maximum Gasteiger partial charge on any atom is 0.0941 e. The zero-order chi connectivity index (χ0) is 9.52. The number of ether oxygens (including phenoxy) is 1. The van der Waals surface area contributed by atoms with Gasteiger partial charge in [0.25, 0.3) is 0 Å². The lowest BCUT2D eigenvalue weighted by Gasteiger charge is -1.96. The predicted molar refractivity (Wildman–Crippen MR) is 62.3 cm³/mol. The average molecular weight is 237 g/mol. The first-order chi connectivity index (χ1) is 6.36. The van der Waals surface area contributed by atoms with Gasteiger partial charge < -0.3 is 10.1 Å². The second-order valence-corrected chi connectivity index (χ2v) is 3.67. The van der Waals surface area contributed by atoms with E-state index in [4.69, 9.17) is 4.74 Å². The van der Waals surface area contributed by atoms with Crippen LogP contribution in [0, 0.1) is 0 Å². The molecule has 1 heterocycles. The van der Waals surface area contributed by atoms with Gasteiger partial charge in [-0.05, 0) is 14.0 Å². The lowest BCUT2D eigenvalue weighted by Crippen LogP contribution is -2.10. The van der Waals surface area contributed by atoms with Crippen molar-refractivity contribution in [1.82, 2.24) is 10.3 Å². The highest BCUT2D eigenvalue weighted by atomic mass is 35.5. The second-order valence-electron chi connectivity index (χ2n) is 2.72. The molecule has 0 atom stereocenters. The van der Waals surface area contributed by atoms with E-state index in [0.717, 1.165) is 25.3 Å². The summed E-state index contributed by atoms with van der Waals surface area (Å²) in [6.07, 6.45) is 1.01. The van der Waals surface area contributed by atoms with Crippen LogP contribution in [-0.4, -0.2) is 25.2 Å². The molecule has 0 aromatic carbocycles. The number of halogens is 1. The van der Waals surface area contributed by atoms with Gasteiger partial charge >= 0.3 is 0 Å². The number of likely N-dealkylation sites (N-methyl/N-ethyl adjacent to an activating group) is 1. The minimum absolute atomic E-state index is 0. The van der Waals surface area contributed by atoms with E-state index in [2.05, 4.69) is 15.7 Å². The molecule has 0 radical (unpaired) electrons. The van der Waals surface area contributed by atoms with Crippen molar-refractivity contribution in [3.8, 4) is 0 Å². The van der Waals surface area contributed by atoms with Crippen LogP contribution in [0.1, 0.15) is 17.6 Å². The van der Waals surface area contributed by atoms with Crippen LogP contribution in [0.2, 0.25) is 0 Å². The van der Waals surface area contributed by atoms with Crippen LogP contribution in [0.25, 0.3) is 0 Å². The number of hydrogen-bond donors (Lipinski definition) is 1. The Morgan fingerprint density at radius 1 is 1.57 bits per heavy atom. The summed E-state index contributed by atoms with van der Waals surface area (Å²) in [5.74, 6) is 0. The molecule has 0 unspecified atom stereocenters. The molecule has 0 bridgehead atoms. The highest BCUT2D eigenvalue weighted by Gasteiger charge is 2.00. The molecule has 0 aliphatic carbocycles. The van der Waals surface area contributed by atoms with Crippen LogP contribution < -0.4 is 5.32 Å². The molecule has 1 aromatic heterocycles. The molecular formula is C9H17ClN2OS. The van der Waals surface area contributed by atoms with Crippen molar-refractivity contribution < 1.29 is 4.74 Å². The van der Waals surface area contributed by atoms with Crippen LogP contribution in [-0.2, 0) is 17.8 Å². The Bertz CT molecular complexity index is 220. The molecule has 3 nitrogen and oxygen atoms in total. The summed E-state index contributed by atoms with van der Waals surface area (Å²) in [6, 6.07) is 0. The lowest BCUT2D eigenvalue weighted by atomic mass is 10.4. The molecule has 0 fully saturated rings. The summed E-state index contributed by atoms with van der Waals surface area (Å²) in [7, 11) is 1.95. The zero-order valence-corrected chi connectivity index (χ0v) is 10.2. The van der Waals surface area contributed by atoms with Crippen LogP contribution in [0.3, 0.4) is 0 Å². The van der Waals surface area contributed by atoms with E-state index in [1.165, 1.54) is 5.01 Å². The third-order valence-electron chi connectivity index (χ3n) is 1.64. The number of rotatable bonds is 6. The molecule has 1 rings (SSSR count). The van der Waals surface area contributed by atoms with Gasteiger partial charge in [-0.25, -0.2) is 4.98 Å². The van der Waals surface area contributed by atoms with Crippen molar-refractivity contribution >= 4 is 23.7 Å². The Kier molecular flexibility index (Phi) is 8.08. The van der Waals surface area contributed by atoms with Gasteiger partial charge in [-0.2, -0.15) is 0 Å². The van der Waals surface area contributed by atoms with Crippen molar-refractivity contribution in [3.63, 3.8) is 0 Å². The largest absolute Gasteiger partial charge is 0.375 e. The highest BCUT2D eigenvalue weighted by molar-refractivity contribution is 7.09. The maximum absolute atomic E-state index is 5.27. The van der Waals surface area contributed by atoms with Gasteiger partial charge in [0.2, 0.25) is 0 Å². The summed E-state index contributed by atoms with van der Waals surface area (Å²) in [5.41, 5.74) is 1.05. The van der Waals surface area contributed by atoms with Gasteiger partial charge in [0, 0.05) is 25.0 Å². The summed E-state index contributed by atoms with van der Waals surface area (Å²) in [4.78, 5) is 4.44. The summed E-state index contributed by atoms with van der Waals surface area (Å²) in [5, 5.41) is 6.36. The highest BCUT2D eigenvalue weighted by Crippen LogP contribution is 2.10. The van der Waals surface area contributed by atoms with Gasteiger partial charge in [-0.1, -0.05) is 0 Å². The smallest absolute Gasteiger partial charge is 0.0941 e. The molecule has 0 spiro atoms. The fourth-order valence-corrected chi connectivity index (χ4v) is 1.75. The first-order valence-corrected chi connectivity index (χ1v) is 5.40. The fourth-order valence-electron chi connectivity index (χ4n) is 0.969. The Morgan fingerprint density at radius 3 is 3.00 bits per heavy atom. The third-order valence-corrected chi connectivity index (χ3v) is 2.60. The quantitative estimate of drug-likeness (QED) is 0.819. The van der Waals surface area contributed by atoms with Crippen molar-refractivity contribution in [3.05, 3.63) is 16.1 Å². The molecule has 0 aliphatic heterocycles. The third kappa shape index (κ3) is 4.91. The van der Waals surface area contributed by atoms with E-state index in [-0.39, 0.29) is 12.4 Å². The minimum Gasteiger partial charge on any atom is -0.375 e. The molecule has 0 amide bonds. The van der Waals surface area contributed by atoms with Gasteiger partial charge in [0.05, 0.1) is 17.3 Å². The second kappa shape index (κ2) is 8.17. The first kappa shape index (κ1) is 13.8. The number of aromatic nitrogens is 1. The standard InChI is InChI=1S/C9H16N2OS.ClH/c1-3-12-6-8-7-13-9(11-8)4-5-10-2;/h7,10H,3-6H2,1-2H3;1H. The van der Waals surface area contributed by atoms with Crippen LogP contribution in [0.4, 0.5) is 0 Å². The monoisotopic (exact) mass is 236 g/mol. The van der Waals surface area contributed by atoms with Crippen molar-refractivity contribution in [1.29, 1.82) is 0 Å². The Morgan fingerprint density at radius 2 is 2.36 bits per heavy atom. The van der Waals surface area contributed by atoms with Crippen molar-refractivity contribution in [2.75, 3.05) is 20.2 Å². The van der Waals surface area contributed by atoms with Crippen LogP contribution >= 0.6 is 23.7 Å². The minimum atomic E-state index is 0. The molecule has 14 heavy (non-hydrogen) atoms. The molecular weight excluding hydrogens is 220 g/mol. The van der Waals surface area contributed by atoms with Gasteiger partial charge in [-0.15, -0.1) is 23.7 Å². The SMILES string of the molecule is CCOCc1csc(CCNC)n1.Cl. The van der Waals surface area contributed by atoms with Crippen molar-refractivity contribution in [2.45, 2.75) is 20.0 Å². The Hall–Kier alpha value is -0.160.